The third kappa shape index (κ3) is 3.49. The Balaban J connectivity index is 2.33. The van der Waals surface area contributed by atoms with E-state index in [9.17, 15) is 8.42 Å². The van der Waals surface area contributed by atoms with Crippen molar-refractivity contribution in [2.75, 3.05) is 20.1 Å². The highest BCUT2D eigenvalue weighted by molar-refractivity contribution is 7.89. The fraction of sp³-hybridized carbons (Fsp3) is 0.733. The first-order valence-electron chi connectivity index (χ1n) is 7.71. The van der Waals surface area contributed by atoms with Gasteiger partial charge in [0.05, 0.1) is 0 Å². The minimum atomic E-state index is -3.36. The van der Waals surface area contributed by atoms with Crippen LogP contribution in [0.5, 0.6) is 0 Å². The summed E-state index contributed by atoms with van der Waals surface area (Å²) in [6.07, 6.45) is 3.85. The van der Waals surface area contributed by atoms with Crippen LogP contribution in [0.25, 0.3) is 0 Å². The zero-order chi connectivity index (χ0) is 15.6. The van der Waals surface area contributed by atoms with E-state index in [0.717, 1.165) is 18.5 Å². The number of rotatable bonds is 5. The monoisotopic (exact) mass is 313 g/mol. The zero-order valence-corrected chi connectivity index (χ0v) is 14.3. The minimum Gasteiger partial charge on any atom is -0.346 e. The molecule has 6 heteroatoms. The summed E-state index contributed by atoms with van der Waals surface area (Å²) in [5.74, 6) is 0.442. The molecule has 0 aromatic carbocycles. The molecule has 5 nitrogen and oxygen atoms in total. The summed E-state index contributed by atoms with van der Waals surface area (Å²) in [5.41, 5.74) is 1.01. The summed E-state index contributed by atoms with van der Waals surface area (Å²) >= 11 is 0. The maximum atomic E-state index is 12.8. The number of hydrogen-bond donors (Lipinski definition) is 1. The summed E-state index contributed by atoms with van der Waals surface area (Å²) in [4.78, 5) is 0.426. The van der Waals surface area contributed by atoms with Crippen molar-refractivity contribution in [3.05, 3.63) is 18.0 Å². The van der Waals surface area contributed by atoms with E-state index in [1.165, 1.54) is 0 Å². The van der Waals surface area contributed by atoms with E-state index in [2.05, 4.69) is 26.1 Å². The summed E-state index contributed by atoms with van der Waals surface area (Å²) in [7, 11) is -1.49. The van der Waals surface area contributed by atoms with Crippen LogP contribution in [0.15, 0.2) is 17.2 Å². The van der Waals surface area contributed by atoms with Crippen molar-refractivity contribution in [3.63, 3.8) is 0 Å². The second kappa shape index (κ2) is 6.50. The largest absolute Gasteiger partial charge is 0.346 e. The lowest BCUT2D eigenvalue weighted by Crippen LogP contribution is -2.38. The second-order valence-electron chi connectivity index (χ2n) is 6.31. The molecular weight excluding hydrogens is 286 g/mol. The Morgan fingerprint density at radius 3 is 2.71 bits per heavy atom. The maximum Gasteiger partial charge on any atom is 0.244 e. The molecule has 1 atom stereocenters. The molecule has 1 saturated heterocycles. The summed E-state index contributed by atoms with van der Waals surface area (Å²) < 4.78 is 29.3. The predicted molar refractivity (Wildman–Crippen MR) is 84.7 cm³/mol. The van der Waals surface area contributed by atoms with Crippen LogP contribution in [0.3, 0.4) is 0 Å². The zero-order valence-electron chi connectivity index (χ0n) is 13.5. The van der Waals surface area contributed by atoms with Gasteiger partial charge in [0.15, 0.2) is 0 Å². The first-order chi connectivity index (χ1) is 9.86. The molecule has 1 unspecified atom stereocenters. The van der Waals surface area contributed by atoms with Gasteiger partial charge in [0, 0.05) is 37.6 Å². The van der Waals surface area contributed by atoms with Crippen molar-refractivity contribution >= 4 is 10.0 Å². The van der Waals surface area contributed by atoms with Gasteiger partial charge in [-0.25, -0.2) is 8.42 Å². The molecule has 0 bridgehead atoms. The number of nitrogens with one attached hydrogen (secondary N) is 1. The molecule has 0 amide bonds. The third-order valence-corrected chi connectivity index (χ3v) is 5.91. The van der Waals surface area contributed by atoms with Gasteiger partial charge in [0.25, 0.3) is 0 Å². The lowest BCUT2D eigenvalue weighted by molar-refractivity contribution is 0.281. The van der Waals surface area contributed by atoms with Gasteiger partial charge < -0.3 is 9.88 Å². The summed E-state index contributed by atoms with van der Waals surface area (Å²) in [5, 5.41) is 3.10. The van der Waals surface area contributed by atoms with Crippen molar-refractivity contribution in [2.24, 2.45) is 5.92 Å². The SMILES string of the molecule is CNCc1cc(S(=O)(=O)N2CCCC(C)C2)cn1C(C)C. The molecule has 0 spiro atoms. The molecule has 1 fully saturated rings. The number of sulfonamides is 1. The molecular formula is C15H27N3O2S. The van der Waals surface area contributed by atoms with Crippen molar-refractivity contribution in [3.8, 4) is 0 Å². The molecule has 0 radical (unpaired) electrons. The van der Waals surface area contributed by atoms with Crippen molar-refractivity contribution in [1.29, 1.82) is 0 Å². The lowest BCUT2D eigenvalue weighted by Gasteiger charge is -2.29. The molecule has 0 saturated carbocycles. The van der Waals surface area contributed by atoms with E-state index >= 15 is 0 Å². The maximum absolute atomic E-state index is 12.8. The highest BCUT2D eigenvalue weighted by Crippen LogP contribution is 2.26. The predicted octanol–water partition coefficient (Wildman–Crippen LogP) is 2.21. The second-order valence-corrected chi connectivity index (χ2v) is 8.25. The Labute approximate surface area is 128 Å². The van der Waals surface area contributed by atoms with Crippen LogP contribution >= 0.6 is 0 Å². The highest BCUT2D eigenvalue weighted by Gasteiger charge is 2.30. The van der Waals surface area contributed by atoms with Gasteiger partial charge in [-0.1, -0.05) is 6.92 Å². The van der Waals surface area contributed by atoms with Gasteiger partial charge in [-0.2, -0.15) is 4.31 Å². The summed E-state index contributed by atoms with van der Waals surface area (Å²) in [6.45, 7) is 8.20. The van der Waals surface area contributed by atoms with Crippen LogP contribution in [0.2, 0.25) is 0 Å². The molecule has 1 aromatic heterocycles. The van der Waals surface area contributed by atoms with Crippen molar-refractivity contribution < 1.29 is 8.42 Å². The van der Waals surface area contributed by atoms with Gasteiger partial charge in [0.1, 0.15) is 4.90 Å². The van der Waals surface area contributed by atoms with Gasteiger partial charge in [0.2, 0.25) is 10.0 Å². The van der Waals surface area contributed by atoms with Gasteiger partial charge >= 0.3 is 0 Å². The Morgan fingerprint density at radius 2 is 2.14 bits per heavy atom. The number of piperidine rings is 1. The highest BCUT2D eigenvalue weighted by atomic mass is 32.2. The molecule has 1 aliphatic heterocycles. The van der Waals surface area contributed by atoms with E-state index in [1.54, 1.807) is 10.5 Å². The van der Waals surface area contributed by atoms with E-state index in [0.29, 0.717) is 30.4 Å². The Morgan fingerprint density at radius 1 is 1.43 bits per heavy atom. The average Bonchev–Trinajstić information content (AvgIpc) is 2.84. The first kappa shape index (κ1) is 16.5. The molecule has 120 valence electrons. The lowest BCUT2D eigenvalue weighted by atomic mass is 10.0. The molecule has 1 aromatic rings. The van der Waals surface area contributed by atoms with Crippen LogP contribution in [-0.2, 0) is 16.6 Å². The first-order valence-corrected chi connectivity index (χ1v) is 9.15. The number of aromatic nitrogens is 1. The number of nitrogens with zero attached hydrogens (tertiary/aromatic N) is 2. The molecule has 21 heavy (non-hydrogen) atoms. The van der Waals surface area contributed by atoms with Crippen LogP contribution in [-0.4, -0.2) is 37.4 Å². The molecule has 0 aliphatic carbocycles. The fourth-order valence-electron chi connectivity index (χ4n) is 2.95. The van der Waals surface area contributed by atoms with Crippen LogP contribution in [0, 0.1) is 5.92 Å². The molecule has 1 aliphatic rings. The minimum absolute atomic E-state index is 0.248. The standard InChI is InChI=1S/C15H27N3O2S/c1-12(2)18-11-15(8-14(18)9-16-4)21(19,20)17-7-5-6-13(3)10-17/h8,11-13,16H,5-7,9-10H2,1-4H3. The van der Waals surface area contributed by atoms with Crippen LogP contribution < -0.4 is 5.32 Å². The van der Waals surface area contributed by atoms with E-state index in [4.69, 9.17) is 0 Å². The Hall–Kier alpha value is -0.850. The fourth-order valence-corrected chi connectivity index (χ4v) is 4.60. The smallest absolute Gasteiger partial charge is 0.244 e. The Bertz CT molecular complexity index is 578. The summed E-state index contributed by atoms with van der Waals surface area (Å²) in [6, 6.07) is 2.06. The Kier molecular flexibility index (Phi) is 5.11. The topological polar surface area (TPSA) is 54.3 Å². The van der Waals surface area contributed by atoms with E-state index in [-0.39, 0.29) is 6.04 Å². The quantitative estimate of drug-likeness (QED) is 0.907. The third-order valence-electron chi connectivity index (χ3n) is 4.08. The normalized spacial score (nSPS) is 21.1. The van der Waals surface area contributed by atoms with Gasteiger partial charge in [-0.05, 0) is 45.7 Å². The molecule has 2 rings (SSSR count). The van der Waals surface area contributed by atoms with E-state index < -0.39 is 10.0 Å². The number of hydrogen-bond acceptors (Lipinski definition) is 3. The van der Waals surface area contributed by atoms with Gasteiger partial charge in [-0.15, -0.1) is 0 Å². The average molecular weight is 313 g/mol. The van der Waals surface area contributed by atoms with Crippen LogP contribution in [0.4, 0.5) is 0 Å². The molecule has 2 heterocycles. The van der Waals surface area contributed by atoms with Crippen molar-refractivity contribution in [2.45, 2.75) is 51.1 Å². The van der Waals surface area contributed by atoms with E-state index in [1.807, 2.05) is 17.7 Å². The van der Waals surface area contributed by atoms with Gasteiger partial charge in [-0.3, -0.25) is 0 Å². The van der Waals surface area contributed by atoms with Crippen molar-refractivity contribution in [1.82, 2.24) is 14.2 Å². The van der Waals surface area contributed by atoms with Crippen LogP contribution in [0.1, 0.15) is 45.3 Å². The molecule has 1 N–H and O–H groups in total.